The average molecular weight is 428 g/mol. The van der Waals surface area contributed by atoms with E-state index in [2.05, 4.69) is 42.7 Å². The molecule has 0 radical (unpaired) electrons. The minimum Gasteiger partial charge on any atom is -0.462 e. The molecule has 0 aromatic heterocycles. The fraction of sp³-hybridized carbons (Fsp3) is 0.458. The summed E-state index contributed by atoms with van der Waals surface area (Å²) in [6.07, 6.45) is 3.06. The Morgan fingerprint density at radius 1 is 1.07 bits per heavy atom. The van der Waals surface area contributed by atoms with Crippen molar-refractivity contribution < 1.29 is 19.0 Å². The highest BCUT2D eigenvalue weighted by Crippen LogP contribution is 2.39. The molecule has 0 unspecified atom stereocenters. The summed E-state index contributed by atoms with van der Waals surface area (Å²) in [5, 5.41) is 0. The highest BCUT2D eigenvalue weighted by Gasteiger charge is 2.42. The molecule has 1 fully saturated rings. The van der Waals surface area contributed by atoms with Crippen molar-refractivity contribution in [2.45, 2.75) is 56.5 Å². The number of hydrogen-bond acceptors (Lipinski definition) is 5. The fourth-order valence-electron chi connectivity index (χ4n) is 3.80. The van der Waals surface area contributed by atoms with Crippen molar-refractivity contribution in [3.63, 3.8) is 0 Å². The minimum atomic E-state index is -0.660. The monoisotopic (exact) mass is 427 g/mol. The molecule has 160 valence electrons. The van der Waals surface area contributed by atoms with Crippen LogP contribution in [0.2, 0.25) is 0 Å². The van der Waals surface area contributed by atoms with E-state index in [0.717, 1.165) is 16.9 Å². The van der Waals surface area contributed by atoms with Gasteiger partial charge < -0.3 is 19.1 Å². The molecule has 6 heteroatoms. The lowest BCUT2D eigenvalue weighted by Gasteiger charge is -2.44. The molecule has 0 saturated carbocycles. The Kier molecular flexibility index (Phi) is 5.73. The molecule has 1 saturated heterocycles. The van der Waals surface area contributed by atoms with Crippen molar-refractivity contribution in [3.8, 4) is 16.9 Å². The molecule has 2 aliphatic rings. The van der Waals surface area contributed by atoms with Crippen LogP contribution in [-0.4, -0.2) is 41.7 Å². The van der Waals surface area contributed by atoms with Crippen LogP contribution in [0.15, 0.2) is 47.4 Å². The minimum absolute atomic E-state index is 0.273. The Labute approximate surface area is 182 Å². The van der Waals surface area contributed by atoms with Crippen LogP contribution in [0.1, 0.15) is 39.2 Å². The van der Waals surface area contributed by atoms with Crippen molar-refractivity contribution in [1.82, 2.24) is 4.90 Å². The number of fused-ring (bicyclic) bond motifs is 1. The van der Waals surface area contributed by atoms with Crippen molar-refractivity contribution in [2.75, 3.05) is 19.3 Å². The first-order valence-electron chi connectivity index (χ1n) is 10.4. The SMILES string of the molecule is CSc1ccc(-c2ccc3c(c2)COC2(CCN(C(=O)OC(C)(C)C)CC2)O3)cc1. The van der Waals surface area contributed by atoms with E-state index in [0.29, 0.717) is 32.5 Å². The van der Waals surface area contributed by atoms with Gasteiger partial charge in [-0.05, 0) is 62.4 Å². The topological polar surface area (TPSA) is 48.0 Å². The quantitative estimate of drug-likeness (QED) is 0.575. The number of nitrogens with zero attached hydrogens (tertiary/aromatic N) is 1. The summed E-state index contributed by atoms with van der Waals surface area (Å²) < 4.78 is 18.0. The Morgan fingerprint density at radius 3 is 2.37 bits per heavy atom. The summed E-state index contributed by atoms with van der Waals surface area (Å²) in [6.45, 7) is 7.27. The Bertz CT molecular complexity index is 912. The van der Waals surface area contributed by atoms with Gasteiger partial charge in [-0.1, -0.05) is 18.2 Å². The first kappa shape index (κ1) is 21.1. The summed E-state index contributed by atoms with van der Waals surface area (Å²) in [5.41, 5.74) is 2.91. The number of amides is 1. The van der Waals surface area contributed by atoms with E-state index < -0.39 is 11.4 Å². The third kappa shape index (κ3) is 4.60. The molecule has 2 aromatic rings. The van der Waals surface area contributed by atoms with Gasteiger partial charge >= 0.3 is 6.09 Å². The fourth-order valence-corrected chi connectivity index (χ4v) is 4.21. The zero-order valence-corrected chi connectivity index (χ0v) is 18.9. The predicted octanol–water partition coefficient (Wildman–Crippen LogP) is 5.71. The molecule has 0 atom stereocenters. The molecule has 5 nitrogen and oxygen atoms in total. The molecule has 2 aliphatic heterocycles. The zero-order valence-electron chi connectivity index (χ0n) is 18.1. The number of carbonyl (C=O) groups is 1. The van der Waals surface area contributed by atoms with E-state index in [1.165, 1.54) is 10.5 Å². The van der Waals surface area contributed by atoms with Crippen LogP contribution in [0.5, 0.6) is 5.75 Å². The van der Waals surface area contributed by atoms with Gasteiger partial charge in [-0.3, -0.25) is 0 Å². The smallest absolute Gasteiger partial charge is 0.410 e. The van der Waals surface area contributed by atoms with Gasteiger partial charge in [-0.25, -0.2) is 4.79 Å². The van der Waals surface area contributed by atoms with Crippen LogP contribution in [-0.2, 0) is 16.1 Å². The van der Waals surface area contributed by atoms with E-state index >= 15 is 0 Å². The Morgan fingerprint density at radius 2 is 1.73 bits per heavy atom. The predicted molar refractivity (Wildman–Crippen MR) is 119 cm³/mol. The van der Waals surface area contributed by atoms with Gasteiger partial charge in [-0.2, -0.15) is 0 Å². The van der Waals surface area contributed by atoms with Crippen molar-refractivity contribution in [2.24, 2.45) is 0 Å². The molecule has 0 aliphatic carbocycles. The molecular formula is C24H29NO4S. The number of thioether (sulfide) groups is 1. The van der Waals surface area contributed by atoms with E-state index in [1.54, 1.807) is 16.7 Å². The number of hydrogen-bond donors (Lipinski definition) is 0. The second-order valence-corrected chi connectivity index (χ2v) is 9.70. The van der Waals surface area contributed by atoms with Gasteiger partial charge in [0.2, 0.25) is 5.79 Å². The number of benzene rings is 2. The Hall–Kier alpha value is -2.18. The Balaban J connectivity index is 1.42. The first-order chi connectivity index (χ1) is 14.3. The van der Waals surface area contributed by atoms with E-state index in [4.69, 9.17) is 14.2 Å². The molecule has 2 heterocycles. The molecule has 1 amide bonds. The highest BCUT2D eigenvalue weighted by atomic mass is 32.2. The number of carbonyl (C=O) groups excluding carboxylic acids is 1. The standard InChI is InChI=1S/C24H29NO4S/c1-23(2,3)29-22(26)25-13-11-24(12-14-25)27-16-19-15-18(7-10-21(19)28-24)17-5-8-20(30-4)9-6-17/h5-10,15H,11-14,16H2,1-4H3. The van der Waals surface area contributed by atoms with Gasteiger partial charge in [0.25, 0.3) is 0 Å². The number of rotatable bonds is 2. The molecule has 4 rings (SSSR count). The largest absolute Gasteiger partial charge is 0.462 e. The van der Waals surface area contributed by atoms with Crippen LogP contribution in [0, 0.1) is 0 Å². The second kappa shape index (κ2) is 8.16. The maximum Gasteiger partial charge on any atom is 0.410 e. The second-order valence-electron chi connectivity index (χ2n) is 8.82. The normalized spacial score (nSPS) is 17.9. The van der Waals surface area contributed by atoms with Gasteiger partial charge in [0, 0.05) is 36.4 Å². The lowest BCUT2D eigenvalue weighted by atomic mass is 9.99. The van der Waals surface area contributed by atoms with Crippen molar-refractivity contribution in [1.29, 1.82) is 0 Å². The number of ether oxygens (including phenoxy) is 3. The first-order valence-corrected chi connectivity index (χ1v) is 11.6. The molecule has 2 aromatic carbocycles. The van der Waals surface area contributed by atoms with Gasteiger partial charge in [0.15, 0.2) is 0 Å². The van der Waals surface area contributed by atoms with E-state index in [-0.39, 0.29) is 6.09 Å². The van der Waals surface area contributed by atoms with Gasteiger partial charge in [0.1, 0.15) is 11.4 Å². The molecule has 30 heavy (non-hydrogen) atoms. The van der Waals surface area contributed by atoms with Crippen LogP contribution in [0.3, 0.4) is 0 Å². The average Bonchev–Trinajstić information content (AvgIpc) is 2.73. The van der Waals surface area contributed by atoms with Gasteiger partial charge in [-0.15, -0.1) is 11.8 Å². The van der Waals surface area contributed by atoms with Gasteiger partial charge in [0.05, 0.1) is 6.61 Å². The van der Waals surface area contributed by atoms with Crippen LogP contribution in [0.4, 0.5) is 4.79 Å². The maximum absolute atomic E-state index is 12.3. The summed E-state index contributed by atoms with van der Waals surface area (Å²) in [4.78, 5) is 15.3. The summed E-state index contributed by atoms with van der Waals surface area (Å²) in [7, 11) is 0. The van der Waals surface area contributed by atoms with Crippen LogP contribution in [0.25, 0.3) is 11.1 Å². The molecule has 0 N–H and O–H groups in total. The summed E-state index contributed by atoms with van der Waals surface area (Å²) >= 11 is 1.74. The lowest BCUT2D eigenvalue weighted by Crippen LogP contribution is -2.53. The van der Waals surface area contributed by atoms with E-state index in [1.807, 2.05) is 26.8 Å². The molecule has 1 spiro atoms. The molecular weight excluding hydrogens is 398 g/mol. The third-order valence-electron chi connectivity index (χ3n) is 5.45. The molecule has 0 bridgehead atoms. The number of likely N-dealkylation sites (tertiary alicyclic amines) is 1. The van der Waals surface area contributed by atoms with Crippen LogP contribution >= 0.6 is 11.8 Å². The third-order valence-corrected chi connectivity index (χ3v) is 6.19. The van der Waals surface area contributed by atoms with Crippen molar-refractivity contribution >= 4 is 17.9 Å². The highest BCUT2D eigenvalue weighted by molar-refractivity contribution is 7.98. The zero-order chi connectivity index (χ0) is 21.4. The van der Waals surface area contributed by atoms with Crippen LogP contribution < -0.4 is 4.74 Å². The van der Waals surface area contributed by atoms with Crippen molar-refractivity contribution in [3.05, 3.63) is 48.0 Å². The van der Waals surface area contributed by atoms with E-state index in [9.17, 15) is 4.79 Å². The number of piperidine rings is 1. The maximum atomic E-state index is 12.3. The summed E-state index contributed by atoms with van der Waals surface area (Å²) in [6, 6.07) is 14.9. The lowest BCUT2D eigenvalue weighted by molar-refractivity contribution is -0.226. The summed E-state index contributed by atoms with van der Waals surface area (Å²) in [5.74, 6) is 0.212.